The summed E-state index contributed by atoms with van der Waals surface area (Å²) in [6, 6.07) is 9.70. The van der Waals surface area contributed by atoms with Crippen LogP contribution in [0, 0.1) is 5.82 Å². The molecule has 0 spiro atoms. The number of carbonyl (C=O) groups excluding carboxylic acids is 2. The van der Waals surface area contributed by atoms with Gasteiger partial charge in [0.25, 0.3) is 5.56 Å². The zero-order valence-electron chi connectivity index (χ0n) is 20.0. The molecule has 0 amide bonds. The van der Waals surface area contributed by atoms with E-state index in [1.165, 1.54) is 30.7 Å². The van der Waals surface area contributed by atoms with Crippen molar-refractivity contribution >= 4 is 29.4 Å². The lowest BCUT2D eigenvalue weighted by Crippen LogP contribution is -2.40. The van der Waals surface area contributed by atoms with Crippen LogP contribution in [0.1, 0.15) is 37.9 Å². The molecule has 8 nitrogen and oxygen atoms in total. The van der Waals surface area contributed by atoms with Gasteiger partial charge < -0.3 is 14.2 Å². The highest BCUT2D eigenvalue weighted by Gasteiger charge is 2.34. The van der Waals surface area contributed by atoms with Crippen LogP contribution < -0.4 is 24.4 Å². The molecule has 0 fully saturated rings. The first-order valence-corrected chi connectivity index (χ1v) is 11.9. The summed E-state index contributed by atoms with van der Waals surface area (Å²) in [6.45, 7) is 4.79. The summed E-state index contributed by atoms with van der Waals surface area (Å²) >= 11 is 1.16. The van der Waals surface area contributed by atoms with Gasteiger partial charge in [-0.15, -0.1) is 0 Å². The summed E-state index contributed by atoms with van der Waals surface area (Å²) in [5.74, 6) is -1.03. The topological polar surface area (TPSA) is 96.2 Å². The standard InChI is InChI=1S/C26H23FN2O6S/c1-5-34-25(32)22-14(2)28-26-29(24(31)21(36-26)12-16-6-9-18(27)10-7-16)23(22)17-8-11-19(35-15(3)30)20(13-17)33-4/h6-13,23H,5H2,1-4H3/b21-12+/t23-/m0/s1. The fourth-order valence-electron chi connectivity index (χ4n) is 3.91. The van der Waals surface area contributed by atoms with Gasteiger partial charge >= 0.3 is 11.9 Å². The maximum Gasteiger partial charge on any atom is 0.338 e. The normalized spacial score (nSPS) is 15.2. The van der Waals surface area contributed by atoms with Gasteiger partial charge in [-0.25, -0.2) is 14.2 Å². The lowest BCUT2D eigenvalue weighted by molar-refractivity contribution is -0.139. The van der Waals surface area contributed by atoms with Gasteiger partial charge in [0.15, 0.2) is 16.3 Å². The van der Waals surface area contributed by atoms with Crippen molar-refractivity contribution in [2.24, 2.45) is 4.99 Å². The predicted molar refractivity (Wildman–Crippen MR) is 131 cm³/mol. The zero-order chi connectivity index (χ0) is 26.0. The van der Waals surface area contributed by atoms with Gasteiger partial charge in [-0.3, -0.25) is 14.2 Å². The predicted octanol–water partition coefficient (Wildman–Crippen LogP) is 2.87. The Morgan fingerprint density at radius 2 is 1.89 bits per heavy atom. The van der Waals surface area contributed by atoms with Gasteiger partial charge in [0.1, 0.15) is 5.82 Å². The molecule has 1 aliphatic heterocycles. The lowest BCUT2D eigenvalue weighted by atomic mass is 9.95. The molecule has 1 atom stereocenters. The minimum absolute atomic E-state index is 0.145. The van der Waals surface area contributed by atoms with Crippen molar-refractivity contribution in [3.8, 4) is 11.5 Å². The molecular weight excluding hydrogens is 487 g/mol. The van der Waals surface area contributed by atoms with E-state index < -0.39 is 18.0 Å². The van der Waals surface area contributed by atoms with E-state index in [9.17, 15) is 18.8 Å². The van der Waals surface area contributed by atoms with Gasteiger partial charge in [-0.05, 0) is 55.3 Å². The number of nitrogens with zero attached hydrogens (tertiary/aromatic N) is 2. The maximum absolute atomic E-state index is 13.6. The molecule has 2 aromatic carbocycles. The molecule has 4 rings (SSSR count). The number of aromatic nitrogens is 1. The summed E-state index contributed by atoms with van der Waals surface area (Å²) in [7, 11) is 1.42. The Hall–Kier alpha value is -4.05. The first kappa shape index (κ1) is 25.1. The number of ether oxygens (including phenoxy) is 3. The highest BCUT2D eigenvalue weighted by molar-refractivity contribution is 7.07. The third kappa shape index (κ3) is 4.85. The van der Waals surface area contributed by atoms with Crippen LogP contribution in [-0.2, 0) is 14.3 Å². The fourth-order valence-corrected chi connectivity index (χ4v) is 4.96. The number of allylic oxidation sites excluding steroid dienone is 1. The van der Waals surface area contributed by atoms with Crippen molar-refractivity contribution in [2.45, 2.75) is 26.8 Å². The smallest absolute Gasteiger partial charge is 0.338 e. The highest BCUT2D eigenvalue weighted by Crippen LogP contribution is 2.36. The van der Waals surface area contributed by atoms with Crippen LogP contribution in [0.3, 0.4) is 0 Å². The van der Waals surface area contributed by atoms with Crippen molar-refractivity contribution < 1.29 is 28.2 Å². The number of hydrogen-bond acceptors (Lipinski definition) is 8. The van der Waals surface area contributed by atoms with Crippen molar-refractivity contribution in [2.75, 3.05) is 13.7 Å². The SMILES string of the molecule is CCOC(=O)C1=C(C)N=c2s/c(=C/c3ccc(F)cc3)c(=O)n2[C@H]1c1ccc(OC(C)=O)c(OC)c1. The molecule has 0 saturated carbocycles. The Morgan fingerprint density at radius 3 is 2.53 bits per heavy atom. The molecule has 2 heterocycles. The first-order valence-electron chi connectivity index (χ1n) is 11.0. The van der Waals surface area contributed by atoms with E-state index in [0.717, 1.165) is 11.3 Å². The zero-order valence-corrected chi connectivity index (χ0v) is 20.8. The van der Waals surface area contributed by atoms with E-state index in [1.807, 2.05) is 0 Å². The van der Waals surface area contributed by atoms with Crippen LogP contribution >= 0.6 is 11.3 Å². The minimum Gasteiger partial charge on any atom is -0.493 e. The number of hydrogen-bond donors (Lipinski definition) is 0. The number of thiazole rings is 1. The number of benzene rings is 2. The molecule has 3 aromatic rings. The molecule has 1 aromatic heterocycles. The third-order valence-corrected chi connectivity index (χ3v) is 6.42. The Labute approximate surface area is 209 Å². The van der Waals surface area contributed by atoms with Gasteiger partial charge in [0.2, 0.25) is 0 Å². The van der Waals surface area contributed by atoms with Crippen LogP contribution in [0.25, 0.3) is 6.08 Å². The average Bonchev–Trinajstić information content (AvgIpc) is 3.14. The van der Waals surface area contributed by atoms with Crippen molar-refractivity contribution in [1.29, 1.82) is 0 Å². The van der Waals surface area contributed by atoms with Crippen LogP contribution in [-0.4, -0.2) is 30.2 Å². The van der Waals surface area contributed by atoms with Crippen molar-refractivity contribution in [3.63, 3.8) is 0 Å². The second kappa shape index (κ2) is 10.3. The Kier molecular flexibility index (Phi) is 7.16. The number of carbonyl (C=O) groups is 2. The summed E-state index contributed by atoms with van der Waals surface area (Å²) in [4.78, 5) is 43.0. The van der Waals surface area contributed by atoms with Crippen LogP contribution in [0.4, 0.5) is 4.39 Å². The quantitative estimate of drug-likeness (QED) is 0.374. The second-order valence-corrected chi connectivity index (χ2v) is 8.87. The van der Waals surface area contributed by atoms with E-state index in [4.69, 9.17) is 14.2 Å². The first-order chi connectivity index (χ1) is 17.2. The summed E-state index contributed by atoms with van der Waals surface area (Å²) in [6.07, 6.45) is 1.65. The Morgan fingerprint density at radius 1 is 1.17 bits per heavy atom. The van der Waals surface area contributed by atoms with Crippen LogP contribution in [0.2, 0.25) is 0 Å². The van der Waals surface area contributed by atoms with E-state index in [-0.39, 0.29) is 35.1 Å². The van der Waals surface area contributed by atoms with Gasteiger partial charge in [-0.1, -0.05) is 29.5 Å². The van der Waals surface area contributed by atoms with Gasteiger partial charge in [-0.2, -0.15) is 0 Å². The number of esters is 2. The number of rotatable bonds is 6. The van der Waals surface area contributed by atoms with E-state index in [0.29, 0.717) is 26.2 Å². The minimum atomic E-state index is -0.865. The van der Waals surface area contributed by atoms with Crippen molar-refractivity contribution in [1.82, 2.24) is 4.57 Å². The number of fused-ring (bicyclic) bond motifs is 1. The highest BCUT2D eigenvalue weighted by atomic mass is 32.1. The van der Waals surface area contributed by atoms with Crippen LogP contribution in [0.5, 0.6) is 11.5 Å². The van der Waals surface area contributed by atoms with E-state index in [2.05, 4.69) is 4.99 Å². The molecule has 186 valence electrons. The lowest BCUT2D eigenvalue weighted by Gasteiger charge is -2.25. The molecule has 0 aliphatic carbocycles. The summed E-state index contributed by atoms with van der Waals surface area (Å²) < 4.78 is 31.0. The Balaban J connectivity index is 1.94. The summed E-state index contributed by atoms with van der Waals surface area (Å²) in [5.41, 5.74) is 1.43. The number of methoxy groups -OCH3 is 1. The summed E-state index contributed by atoms with van der Waals surface area (Å²) in [5, 5.41) is 0. The largest absolute Gasteiger partial charge is 0.493 e. The monoisotopic (exact) mass is 510 g/mol. The van der Waals surface area contributed by atoms with Gasteiger partial charge in [0.05, 0.1) is 35.6 Å². The molecule has 0 N–H and O–H groups in total. The van der Waals surface area contributed by atoms with E-state index >= 15 is 0 Å². The van der Waals surface area contributed by atoms with Gasteiger partial charge in [0, 0.05) is 6.92 Å². The van der Waals surface area contributed by atoms with E-state index in [1.54, 1.807) is 50.3 Å². The average molecular weight is 511 g/mol. The fraction of sp³-hybridized carbons (Fsp3) is 0.231. The molecule has 36 heavy (non-hydrogen) atoms. The molecule has 0 radical (unpaired) electrons. The maximum atomic E-state index is 13.6. The molecular formula is C26H23FN2O6S. The molecule has 0 saturated heterocycles. The van der Waals surface area contributed by atoms with Crippen molar-refractivity contribution in [3.05, 3.63) is 90.4 Å². The Bertz CT molecular complexity index is 1550. The molecule has 0 bridgehead atoms. The van der Waals surface area contributed by atoms with Crippen LogP contribution in [0.15, 0.2) is 63.5 Å². The molecule has 10 heteroatoms. The second-order valence-electron chi connectivity index (χ2n) is 7.86. The number of halogens is 1. The molecule has 0 unspecified atom stereocenters. The third-order valence-electron chi connectivity index (χ3n) is 5.44. The molecule has 1 aliphatic rings.